The monoisotopic (exact) mass is 249 g/mol. The van der Waals surface area contributed by atoms with Gasteiger partial charge < -0.3 is 5.32 Å². The van der Waals surface area contributed by atoms with Gasteiger partial charge in [0.25, 0.3) is 0 Å². The molecule has 0 radical (unpaired) electrons. The molecule has 17 heavy (non-hydrogen) atoms. The van der Waals surface area contributed by atoms with Crippen molar-refractivity contribution in [1.82, 2.24) is 5.32 Å². The Labute approximate surface area is 109 Å². The molecule has 1 aliphatic rings. The standard InChI is InChI=1S/C15H23NS/c1-12-6-5-7-13(10-12)15(16-2)11-17-14-8-3-4-9-14/h5-7,10,14-16H,3-4,8-9,11H2,1-2H3. The number of hydrogen-bond donors (Lipinski definition) is 1. The SMILES string of the molecule is CNC(CSC1CCCC1)c1cccc(C)c1. The highest BCUT2D eigenvalue weighted by molar-refractivity contribution is 7.99. The summed E-state index contributed by atoms with van der Waals surface area (Å²) in [5.74, 6) is 1.20. The number of hydrogen-bond acceptors (Lipinski definition) is 2. The van der Waals surface area contributed by atoms with Crippen LogP contribution in [0.15, 0.2) is 24.3 Å². The van der Waals surface area contributed by atoms with E-state index in [0.717, 1.165) is 5.25 Å². The molecule has 2 rings (SSSR count). The zero-order valence-corrected chi connectivity index (χ0v) is 11.7. The highest BCUT2D eigenvalue weighted by Gasteiger charge is 2.17. The summed E-state index contributed by atoms with van der Waals surface area (Å²) in [5, 5.41) is 4.36. The van der Waals surface area contributed by atoms with Gasteiger partial charge in [-0.25, -0.2) is 0 Å². The minimum Gasteiger partial charge on any atom is -0.312 e. The smallest absolute Gasteiger partial charge is 0.0409 e. The first-order valence-corrected chi connectivity index (χ1v) is 7.70. The van der Waals surface area contributed by atoms with Gasteiger partial charge in [-0.1, -0.05) is 42.7 Å². The van der Waals surface area contributed by atoms with Crippen molar-refractivity contribution in [2.24, 2.45) is 0 Å². The van der Waals surface area contributed by atoms with Crippen molar-refractivity contribution < 1.29 is 0 Å². The van der Waals surface area contributed by atoms with Gasteiger partial charge in [-0.3, -0.25) is 0 Å². The van der Waals surface area contributed by atoms with Gasteiger partial charge >= 0.3 is 0 Å². The van der Waals surface area contributed by atoms with Crippen molar-refractivity contribution in [3.05, 3.63) is 35.4 Å². The fourth-order valence-electron chi connectivity index (χ4n) is 2.52. The predicted molar refractivity (Wildman–Crippen MR) is 77.7 cm³/mol. The third-order valence-corrected chi connectivity index (χ3v) is 5.06. The minimum absolute atomic E-state index is 0.500. The molecule has 1 N–H and O–H groups in total. The summed E-state index contributed by atoms with van der Waals surface area (Å²) in [4.78, 5) is 0. The lowest BCUT2D eigenvalue weighted by atomic mass is 10.1. The molecular formula is C15H23NS. The molecule has 0 bridgehead atoms. The Morgan fingerprint density at radius 1 is 1.35 bits per heavy atom. The fourth-order valence-corrected chi connectivity index (χ4v) is 4.01. The van der Waals surface area contributed by atoms with Crippen LogP contribution in [0, 0.1) is 6.92 Å². The summed E-state index contributed by atoms with van der Waals surface area (Å²) >= 11 is 2.15. The summed E-state index contributed by atoms with van der Waals surface area (Å²) in [6.45, 7) is 2.17. The topological polar surface area (TPSA) is 12.0 Å². The van der Waals surface area contributed by atoms with Crippen LogP contribution in [0.2, 0.25) is 0 Å². The molecule has 0 saturated heterocycles. The molecule has 1 aromatic rings. The first-order chi connectivity index (χ1) is 8.29. The molecule has 2 heteroatoms. The van der Waals surface area contributed by atoms with Gasteiger partial charge in [-0.15, -0.1) is 0 Å². The van der Waals surface area contributed by atoms with E-state index in [-0.39, 0.29) is 0 Å². The summed E-state index contributed by atoms with van der Waals surface area (Å²) in [6.07, 6.45) is 5.72. The van der Waals surface area contributed by atoms with E-state index in [0.29, 0.717) is 6.04 Å². The molecule has 1 aromatic carbocycles. The van der Waals surface area contributed by atoms with E-state index in [2.05, 4.69) is 55.3 Å². The fraction of sp³-hybridized carbons (Fsp3) is 0.600. The van der Waals surface area contributed by atoms with E-state index in [4.69, 9.17) is 0 Å². The normalized spacial score (nSPS) is 18.5. The summed E-state index contributed by atoms with van der Waals surface area (Å²) in [7, 11) is 2.07. The molecule has 1 fully saturated rings. The van der Waals surface area contributed by atoms with Crippen LogP contribution in [0.5, 0.6) is 0 Å². The average Bonchev–Trinajstić information content (AvgIpc) is 2.83. The van der Waals surface area contributed by atoms with Crippen LogP contribution >= 0.6 is 11.8 Å². The number of aryl methyl sites for hydroxylation is 1. The highest BCUT2D eigenvalue weighted by atomic mass is 32.2. The number of nitrogens with one attached hydrogen (secondary N) is 1. The molecule has 1 nitrogen and oxygen atoms in total. The molecular weight excluding hydrogens is 226 g/mol. The molecule has 0 spiro atoms. The Hall–Kier alpha value is -0.470. The van der Waals surface area contributed by atoms with Gasteiger partial charge in [0.05, 0.1) is 0 Å². The van der Waals surface area contributed by atoms with E-state index in [1.54, 1.807) is 0 Å². The molecule has 1 aliphatic carbocycles. The molecule has 0 aliphatic heterocycles. The lowest BCUT2D eigenvalue weighted by Crippen LogP contribution is -2.19. The van der Waals surface area contributed by atoms with Crippen LogP contribution in [0.4, 0.5) is 0 Å². The van der Waals surface area contributed by atoms with Crippen molar-refractivity contribution in [1.29, 1.82) is 0 Å². The van der Waals surface area contributed by atoms with Gasteiger partial charge in [0.15, 0.2) is 0 Å². The molecule has 0 heterocycles. The van der Waals surface area contributed by atoms with Crippen molar-refractivity contribution in [2.75, 3.05) is 12.8 Å². The highest BCUT2D eigenvalue weighted by Crippen LogP contribution is 2.32. The van der Waals surface area contributed by atoms with E-state index in [1.165, 1.54) is 42.6 Å². The zero-order valence-electron chi connectivity index (χ0n) is 10.9. The van der Waals surface area contributed by atoms with E-state index >= 15 is 0 Å². The molecule has 1 saturated carbocycles. The largest absolute Gasteiger partial charge is 0.312 e. The maximum absolute atomic E-state index is 3.45. The van der Waals surface area contributed by atoms with E-state index < -0.39 is 0 Å². The van der Waals surface area contributed by atoms with Crippen molar-refractivity contribution in [3.8, 4) is 0 Å². The number of benzene rings is 1. The second-order valence-corrected chi connectivity index (χ2v) is 6.33. The molecule has 94 valence electrons. The lowest BCUT2D eigenvalue weighted by Gasteiger charge is -2.19. The molecule has 0 aromatic heterocycles. The summed E-state index contributed by atoms with van der Waals surface area (Å²) in [5.41, 5.74) is 2.78. The maximum Gasteiger partial charge on any atom is 0.0409 e. The average molecular weight is 249 g/mol. The quantitative estimate of drug-likeness (QED) is 0.848. The Bertz CT molecular complexity index is 345. The van der Waals surface area contributed by atoms with Crippen molar-refractivity contribution in [2.45, 2.75) is 43.9 Å². The minimum atomic E-state index is 0.500. The van der Waals surface area contributed by atoms with Gasteiger partial charge in [0, 0.05) is 17.0 Å². The first-order valence-electron chi connectivity index (χ1n) is 6.65. The Morgan fingerprint density at radius 2 is 2.12 bits per heavy atom. The number of rotatable bonds is 5. The Morgan fingerprint density at radius 3 is 2.76 bits per heavy atom. The summed E-state index contributed by atoms with van der Waals surface area (Å²) < 4.78 is 0. The number of thioether (sulfide) groups is 1. The van der Waals surface area contributed by atoms with Gasteiger partial charge in [-0.05, 0) is 32.4 Å². The second kappa shape index (κ2) is 6.46. The van der Waals surface area contributed by atoms with Crippen LogP contribution in [0.3, 0.4) is 0 Å². The van der Waals surface area contributed by atoms with Gasteiger partial charge in [-0.2, -0.15) is 11.8 Å². The van der Waals surface area contributed by atoms with Crippen LogP contribution in [0.25, 0.3) is 0 Å². The molecule has 1 atom stereocenters. The van der Waals surface area contributed by atoms with Crippen LogP contribution in [-0.4, -0.2) is 18.1 Å². The predicted octanol–water partition coefficient (Wildman–Crippen LogP) is 3.93. The zero-order chi connectivity index (χ0) is 12.1. The third-order valence-electron chi connectivity index (χ3n) is 3.59. The summed E-state index contributed by atoms with van der Waals surface area (Å²) in [6, 6.07) is 9.37. The van der Waals surface area contributed by atoms with Crippen molar-refractivity contribution >= 4 is 11.8 Å². The first kappa shape index (κ1) is 13.0. The maximum atomic E-state index is 3.45. The van der Waals surface area contributed by atoms with Crippen molar-refractivity contribution in [3.63, 3.8) is 0 Å². The van der Waals surface area contributed by atoms with Crippen LogP contribution < -0.4 is 5.32 Å². The van der Waals surface area contributed by atoms with Crippen LogP contribution in [0.1, 0.15) is 42.9 Å². The third kappa shape index (κ3) is 3.75. The second-order valence-electron chi connectivity index (χ2n) is 5.00. The molecule has 0 amide bonds. The Kier molecular flexibility index (Phi) is 4.93. The van der Waals surface area contributed by atoms with E-state index in [1.807, 2.05) is 0 Å². The molecule has 1 unspecified atom stereocenters. The van der Waals surface area contributed by atoms with Gasteiger partial charge in [0.1, 0.15) is 0 Å². The van der Waals surface area contributed by atoms with E-state index in [9.17, 15) is 0 Å². The lowest BCUT2D eigenvalue weighted by molar-refractivity contribution is 0.659. The Balaban J connectivity index is 1.91. The van der Waals surface area contributed by atoms with Crippen LogP contribution in [-0.2, 0) is 0 Å². The van der Waals surface area contributed by atoms with Gasteiger partial charge in [0.2, 0.25) is 0 Å².